The van der Waals surface area contributed by atoms with Crippen molar-refractivity contribution >= 4 is 38.2 Å². The van der Waals surface area contributed by atoms with E-state index in [1.165, 1.54) is 0 Å². The van der Waals surface area contributed by atoms with Crippen molar-refractivity contribution < 1.29 is 4.21 Å². The first-order valence-corrected chi connectivity index (χ1v) is 13.8. The first kappa shape index (κ1) is 20.6. The van der Waals surface area contributed by atoms with Gasteiger partial charge in [0, 0.05) is 6.54 Å². The molecule has 2 unspecified atom stereocenters. The van der Waals surface area contributed by atoms with Crippen molar-refractivity contribution in [3.05, 3.63) is 60.7 Å². The molecular formula is C21H29ClN2OSSi. The number of nitrogens with zero attached hydrogens (tertiary/aromatic N) is 2. The lowest BCUT2D eigenvalue weighted by molar-refractivity contribution is 0.418. The third-order valence-corrected chi connectivity index (χ3v) is 14.7. The third-order valence-electron chi connectivity index (χ3n) is 5.49. The Morgan fingerprint density at radius 1 is 1.04 bits per heavy atom. The topological polar surface area (TPSA) is 32.7 Å². The molecule has 1 fully saturated rings. The van der Waals surface area contributed by atoms with Gasteiger partial charge in [-0.25, -0.2) is 4.21 Å². The Balaban J connectivity index is 2.31. The van der Waals surface area contributed by atoms with Gasteiger partial charge in [0.15, 0.2) is 0 Å². The Morgan fingerprint density at radius 2 is 1.52 bits per heavy atom. The number of rotatable bonds is 4. The number of hydrogen-bond acceptors (Lipinski definition) is 3. The molecule has 0 bridgehead atoms. The molecule has 1 aliphatic rings. The molecule has 0 aromatic heterocycles. The molecule has 2 atom stereocenters. The van der Waals surface area contributed by atoms with Crippen LogP contribution in [-0.2, 0) is 8.94 Å². The lowest BCUT2D eigenvalue weighted by Gasteiger charge is -2.40. The zero-order valence-electron chi connectivity index (χ0n) is 16.6. The Bertz CT molecular complexity index is 850. The summed E-state index contributed by atoms with van der Waals surface area (Å²) in [5.74, 6) is 0. The van der Waals surface area contributed by atoms with E-state index in [-0.39, 0.29) is 10.3 Å². The van der Waals surface area contributed by atoms with Crippen LogP contribution in [0.2, 0.25) is 5.04 Å². The molecule has 1 saturated heterocycles. The fourth-order valence-electron chi connectivity index (χ4n) is 4.03. The molecule has 0 spiro atoms. The summed E-state index contributed by atoms with van der Waals surface area (Å²) in [5, 5.41) is 2.04. The maximum absolute atomic E-state index is 13.7. The lowest BCUT2D eigenvalue weighted by atomic mass is 10.2. The van der Waals surface area contributed by atoms with Gasteiger partial charge in [-0.3, -0.25) is 4.03 Å². The highest BCUT2D eigenvalue weighted by atomic mass is 35.7. The molecule has 0 saturated carbocycles. The zero-order chi connectivity index (χ0) is 19.7. The first-order chi connectivity index (χ1) is 12.7. The fraction of sp³-hybridized carbons (Fsp3) is 0.429. The van der Waals surface area contributed by atoms with E-state index in [1.807, 2.05) is 36.4 Å². The average Bonchev–Trinajstić information content (AvgIpc) is 3.08. The summed E-state index contributed by atoms with van der Waals surface area (Å²) in [6.45, 7) is 8.27. The Labute approximate surface area is 169 Å². The van der Waals surface area contributed by atoms with Crippen molar-refractivity contribution in [1.29, 1.82) is 0 Å². The fourth-order valence-corrected chi connectivity index (χ4v) is 13.7. The standard InChI is InChI=1S/C21H29ClN2OSSi/c1-21(2,3)27(19-11-7-5-8-12-19,20-13-9-6-10-14-20)23-26(22,25)18-15-16-24(4)17-18/h5-14,18H,15-17H2,1-4H3. The molecule has 0 N–H and O–H groups in total. The summed E-state index contributed by atoms with van der Waals surface area (Å²) in [6, 6.07) is 20.7. The quantitative estimate of drug-likeness (QED) is 0.555. The SMILES string of the molecule is CN1CCC(S(=O)(Cl)=N[Si](c2ccccc2)(c2ccccc2)C(C)(C)C)C1. The first-order valence-electron chi connectivity index (χ1n) is 9.43. The second-order valence-corrected chi connectivity index (χ2v) is 16.2. The highest BCUT2D eigenvalue weighted by Gasteiger charge is 2.50. The molecule has 3 nitrogen and oxygen atoms in total. The number of likely N-dealkylation sites (tertiary alicyclic amines) is 1. The van der Waals surface area contributed by atoms with Crippen LogP contribution in [0.15, 0.2) is 64.7 Å². The van der Waals surface area contributed by atoms with Crippen LogP contribution in [0.1, 0.15) is 27.2 Å². The van der Waals surface area contributed by atoms with Gasteiger partial charge >= 0.3 is 0 Å². The van der Waals surface area contributed by atoms with Gasteiger partial charge in [-0.15, -0.1) is 0 Å². The van der Waals surface area contributed by atoms with Gasteiger partial charge in [0.2, 0.25) is 0 Å². The summed E-state index contributed by atoms with van der Waals surface area (Å²) in [6.07, 6.45) is 0.834. The molecule has 1 heterocycles. The van der Waals surface area contributed by atoms with Crippen molar-refractivity contribution in [3.8, 4) is 0 Å². The summed E-state index contributed by atoms with van der Waals surface area (Å²) < 4.78 is 18.9. The highest BCUT2D eigenvalue weighted by Crippen LogP contribution is 2.39. The highest BCUT2D eigenvalue weighted by molar-refractivity contribution is 8.16. The van der Waals surface area contributed by atoms with E-state index >= 15 is 0 Å². The van der Waals surface area contributed by atoms with Crippen LogP contribution in [-0.4, -0.2) is 42.7 Å². The van der Waals surface area contributed by atoms with Gasteiger partial charge in [-0.2, -0.15) is 0 Å². The second-order valence-electron chi connectivity index (χ2n) is 8.45. The van der Waals surface area contributed by atoms with E-state index in [1.54, 1.807) is 0 Å². The largest absolute Gasteiger partial charge is 0.305 e. The number of hydrogen-bond donors (Lipinski definition) is 0. The maximum atomic E-state index is 13.7. The summed E-state index contributed by atoms with van der Waals surface area (Å²) in [7, 11) is 3.18. The Kier molecular flexibility index (Phi) is 5.87. The van der Waals surface area contributed by atoms with Crippen LogP contribution in [0, 0.1) is 0 Å². The van der Waals surface area contributed by atoms with E-state index in [0.29, 0.717) is 0 Å². The summed E-state index contributed by atoms with van der Waals surface area (Å²) in [5.41, 5.74) is 0. The molecule has 3 rings (SSSR count). The van der Waals surface area contributed by atoms with Gasteiger partial charge in [0.25, 0.3) is 8.24 Å². The van der Waals surface area contributed by atoms with Crippen LogP contribution in [0.4, 0.5) is 0 Å². The molecule has 0 radical (unpaired) electrons. The van der Waals surface area contributed by atoms with Gasteiger partial charge in [-0.05, 0) is 46.1 Å². The van der Waals surface area contributed by atoms with Gasteiger partial charge < -0.3 is 4.90 Å². The second kappa shape index (κ2) is 7.70. The molecule has 27 heavy (non-hydrogen) atoms. The monoisotopic (exact) mass is 420 g/mol. The average molecular weight is 421 g/mol. The molecule has 0 amide bonds. The van der Waals surface area contributed by atoms with Crippen LogP contribution in [0.5, 0.6) is 0 Å². The van der Waals surface area contributed by atoms with Gasteiger partial charge in [-0.1, -0.05) is 81.4 Å². The molecule has 0 aliphatic carbocycles. The van der Waals surface area contributed by atoms with Gasteiger partial charge in [0.05, 0.1) is 5.25 Å². The summed E-state index contributed by atoms with van der Waals surface area (Å²) in [4.78, 5) is 2.19. The number of halogens is 1. The zero-order valence-corrected chi connectivity index (χ0v) is 19.1. The van der Waals surface area contributed by atoms with Crippen molar-refractivity contribution in [2.75, 3.05) is 20.1 Å². The van der Waals surface area contributed by atoms with E-state index in [0.717, 1.165) is 29.9 Å². The molecular weight excluding hydrogens is 392 g/mol. The molecule has 2 aromatic rings. The van der Waals surface area contributed by atoms with Crippen LogP contribution in [0.3, 0.4) is 0 Å². The number of benzene rings is 2. The summed E-state index contributed by atoms with van der Waals surface area (Å²) >= 11 is 0. The maximum Gasteiger partial charge on any atom is 0.261 e. The van der Waals surface area contributed by atoms with E-state index in [9.17, 15) is 4.21 Å². The van der Waals surface area contributed by atoms with E-state index < -0.39 is 17.2 Å². The Hall–Kier alpha value is -1.14. The van der Waals surface area contributed by atoms with Crippen molar-refractivity contribution in [1.82, 2.24) is 4.90 Å². The normalized spacial score (nSPS) is 21.0. The molecule has 2 aromatic carbocycles. The van der Waals surface area contributed by atoms with Crippen molar-refractivity contribution in [3.63, 3.8) is 0 Å². The Morgan fingerprint density at radius 3 is 1.89 bits per heavy atom. The molecule has 1 aliphatic heterocycles. The van der Waals surface area contributed by atoms with Crippen molar-refractivity contribution in [2.45, 2.75) is 37.5 Å². The molecule has 146 valence electrons. The minimum Gasteiger partial charge on any atom is -0.305 e. The predicted molar refractivity (Wildman–Crippen MR) is 120 cm³/mol. The smallest absolute Gasteiger partial charge is 0.261 e. The lowest BCUT2D eigenvalue weighted by Crippen LogP contribution is -2.63. The van der Waals surface area contributed by atoms with Crippen molar-refractivity contribution in [2.24, 2.45) is 4.03 Å². The minimum atomic E-state index is -2.86. The van der Waals surface area contributed by atoms with E-state index in [2.05, 4.69) is 57.0 Å². The van der Waals surface area contributed by atoms with Crippen LogP contribution >= 0.6 is 10.7 Å². The molecule has 6 heteroatoms. The third kappa shape index (κ3) is 4.02. The van der Waals surface area contributed by atoms with Crippen LogP contribution < -0.4 is 10.4 Å². The minimum absolute atomic E-state index is 0.0918. The predicted octanol–water partition coefficient (Wildman–Crippen LogP) is 3.87. The van der Waals surface area contributed by atoms with Gasteiger partial charge in [0.1, 0.15) is 8.94 Å². The van der Waals surface area contributed by atoms with E-state index in [4.69, 9.17) is 14.7 Å². The van der Waals surface area contributed by atoms with Crippen LogP contribution in [0.25, 0.3) is 0 Å².